The second-order valence-electron chi connectivity index (χ2n) is 6.81. The van der Waals surface area contributed by atoms with Gasteiger partial charge in [0.05, 0.1) is 24.9 Å². The van der Waals surface area contributed by atoms with E-state index in [1.807, 2.05) is 0 Å². The molecule has 0 fully saturated rings. The lowest BCUT2D eigenvalue weighted by molar-refractivity contribution is -0.0193. The van der Waals surface area contributed by atoms with Gasteiger partial charge in [0.15, 0.2) is 0 Å². The number of aliphatic hydroxyl groups excluding tert-OH is 3. The number of likely N-dealkylation sites (N-methyl/N-ethyl adjacent to an activating group) is 1. The molecule has 0 aliphatic carbocycles. The van der Waals surface area contributed by atoms with Crippen LogP contribution >= 0.6 is 0 Å². The maximum Gasteiger partial charge on any atom is 0.0973 e. The van der Waals surface area contributed by atoms with Crippen molar-refractivity contribution in [2.75, 3.05) is 13.7 Å². The molecule has 0 aliphatic heterocycles. The first-order valence-corrected chi connectivity index (χ1v) is 9.81. The predicted molar refractivity (Wildman–Crippen MR) is 97.6 cm³/mol. The van der Waals surface area contributed by atoms with E-state index in [1.54, 1.807) is 7.05 Å². The lowest BCUT2D eigenvalue weighted by Crippen LogP contribution is -2.47. The minimum Gasteiger partial charge on any atom is -0.395 e. The topological polar surface area (TPSA) is 72.7 Å². The van der Waals surface area contributed by atoms with Crippen LogP contribution in [0.5, 0.6) is 0 Å². The van der Waals surface area contributed by atoms with Gasteiger partial charge in [0.1, 0.15) is 0 Å². The van der Waals surface area contributed by atoms with Crippen LogP contribution in [0.2, 0.25) is 0 Å². The summed E-state index contributed by atoms with van der Waals surface area (Å²) in [6, 6.07) is -0.442. The number of unbranched alkanes of at least 4 members (excludes halogenated alkanes) is 11. The van der Waals surface area contributed by atoms with Crippen molar-refractivity contribution in [3.05, 3.63) is 0 Å². The van der Waals surface area contributed by atoms with Gasteiger partial charge < -0.3 is 20.6 Å². The summed E-state index contributed by atoms with van der Waals surface area (Å²) in [6.45, 7) is 2.10. The van der Waals surface area contributed by atoms with Crippen molar-refractivity contribution in [3.63, 3.8) is 0 Å². The molecule has 0 saturated carbocycles. The van der Waals surface area contributed by atoms with E-state index in [9.17, 15) is 10.2 Å². The molecule has 0 heterocycles. The molecular weight excluding hydrogens is 290 g/mol. The van der Waals surface area contributed by atoms with E-state index in [1.165, 1.54) is 64.2 Å². The first-order valence-electron chi connectivity index (χ1n) is 9.81. The first-order chi connectivity index (χ1) is 11.2. The van der Waals surface area contributed by atoms with Gasteiger partial charge in [0.2, 0.25) is 0 Å². The van der Waals surface area contributed by atoms with Crippen molar-refractivity contribution >= 4 is 0 Å². The minimum atomic E-state index is -0.891. The molecule has 23 heavy (non-hydrogen) atoms. The van der Waals surface area contributed by atoms with Crippen LogP contribution in [0.3, 0.4) is 0 Å². The Labute approximate surface area is 143 Å². The summed E-state index contributed by atoms with van der Waals surface area (Å²) >= 11 is 0. The Hall–Kier alpha value is -0.160. The van der Waals surface area contributed by atoms with E-state index >= 15 is 0 Å². The third-order valence-electron chi connectivity index (χ3n) is 4.73. The zero-order valence-electron chi connectivity index (χ0n) is 15.5. The Bertz CT molecular complexity index is 235. The van der Waals surface area contributed by atoms with E-state index in [0.717, 1.165) is 12.8 Å². The van der Waals surface area contributed by atoms with Gasteiger partial charge in [-0.15, -0.1) is 0 Å². The second-order valence-corrected chi connectivity index (χ2v) is 6.81. The highest BCUT2D eigenvalue weighted by atomic mass is 16.3. The fourth-order valence-corrected chi connectivity index (χ4v) is 3.00. The summed E-state index contributed by atoms with van der Waals surface area (Å²) in [4.78, 5) is 0. The summed E-state index contributed by atoms with van der Waals surface area (Å²) in [5.74, 6) is 0. The zero-order chi connectivity index (χ0) is 17.3. The monoisotopic (exact) mass is 331 g/mol. The number of nitrogens with one attached hydrogen (secondary N) is 1. The summed E-state index contributed by atoms with van der Waals surface area (Å²) < 4.78 is 0. The van der Waals surface area contributed by atoms with Gasteiger partial charge in [-0.25, -0.2) is 0 Å². The van der Waals surface area contributed by atoms with Crippen LogP contribution in [0.15, 0.2) is 0 Å². The summed E-state index contributed by atoms with van der Waals surface area (Å²) in [7, 11) is 1.68. The second kappa shape index (κ2) is 16.7. The predicted octanol–water partition coefficient (Wildman–Crippen LogP) is 3.38. The Morgan fingerprint density at radius 3 is 1.57 bits per heavy atom. The van der Waals surface area contributed by atoms with E-state index in [2.05, 4.69) is 12.2 Å². The molecule has 0 radical (unpaired) electrons. The number of hydrogen-bond acceptors (Lipinski definition) is 4. The van der Waals surface area contributed by atoms with Crippen LogP contribution in [0, 0.1) is 0 Å². The van der Waals surface area contributed by atoms with Crippen LogP contribution in [0.4, 0.5) is 0 Å². The average molecular weight is 332 g/mol. The molecule has 0 spiro atoms. The lowest BCUT2D eigenvalue weighted by atomic mass is 9.99. The molecule has 4 nitrogen and oxygen atoms in total. The van der Waals surface area contributed by atoms with E-state index in [4.69, 9.17) is 5.11 Å². The van der Waals surface area contributed by atoms with Crippen molar-refractivity contribution in [1.82, 2.24) is 5.32 Å². The van der Waals surface area contributed by atoms with Crippen molar-refractivity contribution in [2.24, 2.45) is 0 Å². The maximum atomic E-state index is 9.91. The van der Waals surface area contributed by atoms with Crippen LogP contribution in [-0.2, 0) is 0 Å². The summed E-state index contributed by atoms with van der Waals surface area (Å²) in [5, 5.41) is 31.7. The first kappa shape index (κ1) is 22.8. The molecule has 0 amide bonds. The van der Waals surface area contributed by atoms with Gasteiger partial charge in [-0.1, -0.05) is 84.0 Å². The Morgan fingerprint density at radius 2 is 1.17 bits per heavy atom. The SMILES string of the molecule is CCCCCCCCCCCCCC[C@@H](O)[C@@H](O)[C@H](CO)NC. The maximum absolute atomic E-state index is 9.91. The highest BCUT2D eigenvalue weighted by molar-refractivity contribution is 4.79. The number of rotatable bonds is 17. The molecule has 0 aromatic carbocycles. The summed E-state index contributed by atoms with van der Waals surface area (Å²) in [5.41, 5.74) is 0. The largest absolute Gasteiger partial charge is 0.395 e. The molecule has 0 saturated heterocycles. The molecule has 4 heteroatoms. The molecule has 0 unspecified atom stereocenters. The van der Waals surface area contributed by atoms with Crippen LogP contribution < -0.4 is 5.32 Å². The fourth-order valence-electron chi connectivity index (χ4n) is 3.00. The van der Waals surface area contributed by atoms with Crippen LogP contribution in [-0.4, -0.2) is 47.2 Å². The van der Waals surface area contributed by atoms with Gasteiger partial charge >= 0.3 is 0 Å². The van der Waals surface area contributed by atoms with Crippen molar-refractivity contribution in [3.8, 4) is 0 Å². The number of aliphatic hydroxyl groups is 3. The van der Waals surface area contributed by atoms with Crippen LogP contribution in [0.25, 0.3) is 0 Å². The third kappa shape index (κ3) is 12.9. The standard InChI is InChI=1S/C19H41NO3/c1-3-4-5-6-7-8-9-10-11-12-13-14-15-18(22)19(23)17(16-21)20-2/h17-23H,3-16H2,1-2H3/t17-,18+,19-/m0/s1. The highest BCUT2D eigenvalue weighted by Gasteiger charge is 2.23. The van der Waals surface area contributed by atoms with Crippen molar-refractivity contribution < 1.29 is 15.3 Å². The molecule has 0 aliphatic rings. The van der Waals surface area contributed by atoms with E-state index in [0.29, 0.717) is 6.42 Å². The normalized spacial score (nSPS) is 15.5. The fraction of sp³-hybridized carbons (Fsp3) is 1.00. The van der Waals surface area contributed by atoms with Gasteiger partial charge in [-0.05, 0) is 13.5 Å². The molecule has 140 valence electrons. The Balaban J connectivity index is 3.35. The average Bonchev–Trinajstić information content (AvgIpc) is 2.56. The summed E-state index contributed by atoms with van der Waals surface area (Å²) in [6.07, 6.45) is 14.5. The van der Waals surface area contributed by atoms with Gasteiger partial charge in [0, 0.05) is 0 Å². The quantitative estimate of drug-likeness (QED) is 0.308. The van der Waals surface area contributed by atoms with E-state index in [-0.39, 0.29) is 6.61 Å². The third-order valence-corrected chi connectivity index (χ3v) is 4.73. The van der Waals surface area contributed by atoms with Gasteiger partial charge in [-0.2, -0.15) is 0 Å². The van der Waals surface area contributed by atoms with Gasteiger partial charge in [0.25, 0.3) is 0 Å². The van der Waals surface area contributed by atoms with E-state index < -0.39 is 18.2 Å². The zero-order valence-corrected chi connectivity index (χ0v) is 15.5. The smallest absolute Gasteiger partial charge is 0.0973 e. The molecule has 0 aromatic heterocycles. The van der Waals surface area contributed by atoms with Crippen molar-refractivity contribution in [1.29, 1.82) is 0 Å². The highest BCUT2D eigenvalue weighted by Crippen LogP contribution is 2.14. The molecule has 0 aromatic rings. The molecule has 4 N–H and O–H groups in total. The van der Waals surface area contributed by atoms with Crippen LogP contribution in [0.1, 0.15) is 90.4 Å². The van der Waals surface area contributed by atoms with Gasteiger partial charge in [-0.3, -0.25) is 0 Å². The Morgan fingerprint density at radius 1 is 0.739 bits per heavy atom. The molecule has 0 bridgehead atoms. The molecular formula is C19H41NO3. The minimum absolute atomic E-state index is 0.160. The molecule has 0 rings (SSSR count). The lowest BCUT2D eigenvalue weighted by Gasteiger charge is -2.24. The Kier molecular flexibility index (Phi) is 16.6. The molecule has 3 atom stereocenters. The number of hydrogen-bond donors (Lipinski definition) is 4. The van der Waals surface area contributed by atoms with Crippen molar-refractivity contribution in [2.45, 2.75) is 109 Å².